The van der Waals surface area contributed by atoms with E-state index in [4.69, 9.17) is 9.73 Å². The van der Waals surface area contributed by atoms with Crippen molar-refractivity contribution in [2.75, 3.05) is 23.4 Å². The lowest BCUT2D eigenvalue weighted by Gasteiger charge is -2.23. The number of rotatable bonds is 6. The van der Waals surface area contributed by atoms with Crippen LogP contribution in [0.4, 0.5) is 17.1 Å². The van der Waals surface area contributed by atoms with E-state index in [1.807, 2.05) is 43.5 Å². The van der Waals surface area contributed by atoms with E-state index in [1.165, 1.54) is 16.2 Å². The van der Waals surface area contributed by atoms with Gasteiger partial charge < -0.3 is 15.0 Å². The molecule has 1 aliphatic heterocycles. The zero-order valence-electron chi connectivity index (χ0n) is 19.3. The third kappa shape index (κ3) is 5.07. The number of nitrogens with one attached hydrogen (secondary N) is 1. The van der Waals surface area contributed by atoms with E-state index in [9.17, 15) is 14.4 Å². The molecule has 1 N–H and O–H groups in total. The standard InChI is InChI=1S/C26H25N3O4S/c1-4-33-26(32)18-7-9-19(10-8-18)27-24(30)15-29-22-13-17(3)16(2)12-20(22)28-21(14-25(29)31)23-6-5-11-34-23/h5-13H,4,14-15H2,1-3H3,(H,27,30). The maximum atomic E-state index is 13.3. The molecule has 2 amide bonds. The Kier molecular flexibility index (Phi) is 6.88. The summed E-state index contributed by atoms with van der Waals surface area (Å²) in [6.07, 6.45) is 0.106. The molecule has 1 aromatic heterocycles. The minimum atomic E-state index is -0.417. The van der Waals surface area contributed by atoms with Crippen LogP contribution in [0, 0.1) is 13.8 Å². The van der Waals surface area contributed by atoms with E-state index in [0.29, 0.717) is 34.9 Å². The SMILES string of the molecule is CCOC(=O)c1ccc(NC(=O)CN2C(=O)CC(c3cccs3)=Nc3cc(C)c(C)cc32)cc1. The van der Waals surface area contributed by atoms with Gasteiger partial charge in [0.1, 0.15) is 6.54 Å². The predicted octanol–water partition coefficient (Wildman–Crippen LogP) is 5.04. The van der Waals surface area contributed by atoms with Crippen molar-refractivity contribution in [2.45, 2.75) is 27.2 Å². The number of ether oxygens (including phenoxy) is 1. The first-order valence-corrected chi connectivity index (χ1v) is 11.8. The van der Waals surface area contributed by atoms with Crippen LogP contribution in [0.25, 0.3) is 0 Å². The van der Waals surface area contributed by atoms with E-state index in [-0.39, 0.29) is 24.8 Å². The summed E-state index contributed by atoms with van der Waals surface area (Å²) in [6.45, 7) is 5.85. The van der Waals surface area contributed by atoms with Crippen molar-refractivity contribution >= 4 is 51.9 Å². The maximum absolute atomic E-state index is 13.3. The van der Waals surface area contributed by atoms with Crippen molar-refractivity contribution < 1.29 is 19.1 Å². The molecule has 0 aliphatic carbocycles. The number of amides is 2. The first kappa shape index (κ1) is 23.4. The Morgan fingerprint density at radius 3 is 2.53 bits per heavy atom. The van der Waals surface area contributed by atoms with Gasteiger partial charge >= 0.3 is 5.97 Å². The van der Waals surface area contributed by atoms with Gasteiger partial charge in [0.25, 0.3) is 0 Å². The molecule has 0 unspecified atom stereocenters. The summed E-state index contributed by atoms with van der Waals surface area (Å²) >= 11 is 1.53. The van der Waals surface area contributed by atoms with Crippen LogP contribution in [-0.4, -0.2) is 36.6 Å². The number of esters is 1. The summed E-state index contributed by atoms with van der Waals surface area (Å²) in [7, 11) is 0. The van der Waals surface area contributed by atoms with Crippen LogP contribution >= 0.6 is 11.3 Å². The smallest absolute Gasteiger partial charge is 0.338 e. The summed E-state index contributed by atoms with van der Waals surface area (Å²) in [5.74, 6) is -0.956. The molecule has 1 aliphatic rings. The Balaban J connectivity index is 1.56. The minimum absolute atomic E-state index is 0.106. The number of carbonyl (C=O) groups excluding carboxylic acids is 3. The highest BCUT2D eigenvalue weighted by Gasteiger charge is 2.27. The Morgan fingerprint density at radius 1 is 1.12 bits per heavy atom. The first-order valence-electron chi connectivity index (χ1n) is 11.0. The second-order valence-corrected chi connectivity index (χ2v) is 8.91. The Morgan fingerprint density at radius 2 is 1.85 bits per heavy atom. The fourth-order valence-electron chi connectivity index (χ4n) is 3.66. The number of aliphatic imine (C=N–C) groups is 1. The number of benzene rings is 2. The molecule has 0 saturated heterocycles. The zero-order valence-corrected chi connectivity index (χ0v) is 20.1. The number of hydrogen-bond donors (Lipinski definition) is 1. The van der Waals surface area contributed by atoms with Gasteiger partial charge in [-0.05, 0) is 79.7 Å². The molecule has 0 saturated carbocycles. The van der Waals surface area contributed by atoms with Crippen LogP contribution in [0.3, 0.4) is 0 Å². The van der Waals surface area contributed by atoms with Crippen LogP contribution in [0.1, 0.15) is 39.7 Å². The van der Waals surface area contributed by atoms with Gasteiger partial charge in [-0.15, -0.1) is 11.3 Å². The summed E-state index contributed by atoms with van der Waals surface area (Å²) in [5.41, 5.74) is 4.99. The largest absolute Gasteiger partial charge is 0.462 e. The number of thiophene rings is 1. The lowest BCUT2D eigenvalue weighted by atomic mass is 10.1. The molecule has 4 rings (SSSR count). The van der Waals surface area contributed by atoms with Crippen molar-refractivity contribution in [3.63, 3.8) is 0 Å². The average Bonchev–Trinajstić information content (AvgIpc) is 3.31. The van der Waals surface area contributed by atoms with Crippen LogP contribution in [0.5, 0.6) is 0 Å². The molecule has 0 radical (unpaired) electrons. The van der Waals surface area contributed by atoms with Crippen LogP contribution in [-0.2, 0) is 14.3 Å². The molecule has 8 heteroatoms. The number of fused-ring (bicyclic) bond motifs is 1. The Labute approximate surface area is 202 Å². The van der Waals surface area contributed by atoms with Crippen molar-refractivity contribution in [3.05, 3.63) is 75.5 Å². The third-order valence-corrected chi connectivity index (χ3v) is 6.46. The second kappa shape index (κ2) is 10.0. The molecule has 0 atom stereocenters. The van der Waals surface area contributed by atoms with Crippen molar-refractivity contribution in [1.82, 2.24) is 0 Å². The zero-order chi connectivity index (χ0) is 24.2. The normalized spacial score (nSPS) is 13.1. The maximum Gasteiger partial charge on any atom is 0.338 e. The topological polar surface area (TPSA) is 88.1 Å². The van der Waals surface area contributed by atoms with Gasteiger partial charge in [-0.25, -0.2) is 9.79 Å². The van der Waals surface area contributed by atoms with Gasteiger partial charge in [0, 0.05) is 10.6 Å². The lowest BCUT2D eigenvalue weighted by molar-refractivity contribution is -0.120. The molecule has 0 spiro atoms. The van der Waals surface area contributed by atoms with E-state index in [0.717, 1.165) is 16.0 Å². The van der Waals surface area contributed by atoms with E-state index < -0.39 is 5.97 Å². The summed E-state index contributed by atoms with van der Waals surface area (Å²) in [5, 5.41) is 4.75. The average molecular weight is 476 g/mol. The van der Waals surface area contributed by atoms with E-state index >= 15 is 0 Å². The predicted molar refractivity (Wildman–Crippen MR) is 134 cm³/mol. The minimum Gasteiger partial charge on any atom is -0.462 e. The number of anilines is 2. The van der Waals surface area contributed by atoms with Gasteiger partial charge in [-0.1, -0.05) is 6.07 Å². The number of hydrogen-bond acceptors (Lipinski definition) is 6. The molecule has 2 heterocycles. The molecular formula is C26H25N3O4S. The highest BCUT2D eigenvalue weighted by Crippen LogP contribution is 2.36. The highest BCUT2D eigenvalue weighted by atomic mass is 32.1. The van der Waals surface area contributed by atoms with Crippen molar-refractivity contribution in [2.24, 2.45) is 4.99 Å². The molecule has 7 nitrogen and oxygen atoms in total. The van der Waals surface area contributed by atoms with Crippen LogP contribution < -0.4 is 10.2 Å². The molecule has 0 bridgehead atoms. The first-order chi connectivity index (χ1) is 16.4. The monoisotopic (exact) mass is 475 g/mol. The number of aryl methyl sites for hydroxylation is 2. The van der Waals surface area contributed by atoms with Crippen LogP contribution in [0.2, 0.25) is 0 Å². The highest BCUT2D eigenvalue weighted by molar-refractivity contribution is 7.12. The van der Waals surface area contributed by atoms with Gasteiger partial charge in [-0.3, -0.25) is 9.59 Å². The molecular weight excluding hydrogens is 450 g/mol. The summed E-state index contributed by atoms with van der Waals surface area (Å²) in [6, 6.07) is 14.2. The van der Waals surface area contributed by atoms with Crippen molar-refractivity contribution in [1.29, 1.82) is 0 Å². The van der Waals surface area contributed by atoms with E-state index in [1.54, 1.807) is 31.2 Å². The summed E-state index contributed by atoms with van der Waals surface area (Å²) < 4.78 is 4.98. The molecule has 34 heavy (non-hydrogen) atoms. The van der Waals surface area contributed by atoms with E-state index in [2.05, 4.69) is 5.32 Å². The van der Waals surface area contributed by atoms with Gasteiger partial charge in [0.2, 0.25) is 11.8 Å². The van der Waals surface area contributed by atoms with Gasteiger partial charge in [-0.2, -0.15) is 0 Å². The lowest BCUT2D eigenvalue weighted by Crippen LogP contribution is -2.38. The summed E-state index contributed by atoms with van der Waals surface area (Å²) in [4.78, 5) is 45.2. The fourth-order valence-corrected chi connectivity index (χ4v) is 4.37. The number of carbonyl (C=O) groups is 3. The number of nitrogens with zero attached hydrogens (tertiary/aromatic N) is 2. The molecule has 2 aromatic carbocycles. The fraction of sp³-hybridized carbons (Fsp3) is 0.231. The van der Waals surface area contributed by atoms with Gasteiger partial charge in [0.15, 0.2) is 0 Å². The quantitative estimate of drug-likeness (QED) is 0.506. The molecule has 0 fully saturated rings. The Hall–Kier alpha value is -3.78. The Bertz CT molecular complexity index is 1260. The molecule has 3 aromatic rings. The second-order valence-electron chi connectivity index (χ2n) is 7.96. The molecule has 174 valence electrons. The van der Waals surface area contributed by atoms with Gasteiger partial charge in [0.05, 0.1) is 35.7 Å². The van der Waals surface area contributed by atoms with Crippen LogP contribution in [0.15, 0.2) is 58.9 Å². The van der Waals surface area contributed by atoms with Crippen molar-refractivity contribution in [3.8, 4) is 0 Å². The third-order valence-electron chi connectivity index (χ3n) is 5.54.